The van der Waals surface area contributed by atoms with E-state index < -0.39 is 0 Å². The number of benzene rings is 2. The zero-order chi connectivity index (χ0) is 27.7. The van der Waals surface area contributed by atoms with Crippen LogP contribution in [0.2, 0.25) is 0 Å². The number of hydrogen-bond donors (Lipinski definition) is 0. The lowest BCUT2D eigenvalue weighted by atomic mass is 10.1. The topological polar surface area (TPSA) is 59.8 Å². The van der Waals surface area contributed by atoms with Crippen molar-refractivity contribution in [1.82, 2.24) is 19.4 Å². The Balaban J connectivity index is 0.00000215. The number of rotatable bonds is 12. The number of aryl methyl sites for hydroxylation is 2. The van der Waals surface area contributed by atoms with Crippen molar-refractivity contribution in [1.29, 1.82) is 0 Å². The third-order valence-corrected chi connectivity index (χ3v) is 7.90. The van der Waals surface area contributed by atoms with E-state index in [-0.39, 0.29) is 42.8 Å². The largest absolute Gasteiger partial charge is 0.492 e. The second-order valence-electron chi connectivity index (χ2n) is 10.7. The van der Waals surface area contributed by atoms with Gasteiger partial charge in [0.05, 0.1) is 18.2 Å². The fourth-order valence-corrected chi connectivity index (χ4v) is 5.32. The SMILES string of the molecule is Cc1ccccc1CN(CCOc1ccc2c(ccc(=O)n2C)c1)CCN1CCC(OCc2cccnc2)CC1.Cl.Cl.Cl. The molecule has 0 saturated carbocycles. The van der Waals surface area contributed by atoms with Gasteiger partial charge in [0.1, 0.15) is 12.4 Å². The van der Waals surface area contributed by atoms with E-state index in [0.717, 1.165) is 74.3 Å². The number of ether oxygens (including phenoxy) is 2. The zero-order valence-corrected chi connectivity index (χ0v) is 27.3. The van der Waals surface area contributed by atoms with Crippen molar-refractivity contribution >= 4 is 48.1 Å². The van der Waals surface area contributed by atoms with Gasteiger partial charge in [0.2, 0.25) is 0 Å². The van der Waals surface area contributed by atoms with Crippen molar-refractivity contribution < 1.29 is 9.47 Å². The van der Waals surface area contributed by atoms with E-state index in [9.17, 15) is 4.79 Å². The van der Waals surface area contributed by atoms with Crippen LogP contribution in [0.25, 0.3) is 10.9 Å². The highest BCUT2D eigenvalue weighted by Crippen LogP contribution is 2.20. The van der Waals surface area contributed by atoms with Crippen LogP contribution in [0.1, 0.15) is 29.5 Å². The minimum absolute atomic E-state index is 0. The molecule has 0 N–H and O–H groups in total. The number of pyridine rings is 2. The van der Waals surface area contributed by atoms with Gasteiger partial charge < -0.3 is 18.9 Å². The first-order chi connectivity index (χ1) is 19.5. The molecule has 0 aliphatic carbocycles. The van der Waals surface area contributed by atoms with E-state index in [1.54, 1.807) is 23.9 Å². The van der Waals surface area contributed by atoms with Crippen LogP contribution >= 0.6 is 37.2 Å². The number of piperidine rings is 1. The maximum Gasteiger partial charge on any atom is 0.250 e. The van der Waals surface area contributed by atoms with Crippen LogP contribution in [-0.4, -0.2) is 64.8 Å². The summed E-state index contributed by atoms with van der Waals surface area (Å²) in [5.41, 5.74) is 4.71. The monoisotopic (exact) mass is 648 g/mol. The highest BCUT2D eigenvalue weighted by molar-refractivity contribution is 5.86. The molecule has 10 heteroatoms. The van der Waals surface area contributed by atoms with Crippen LogP contribution in [0.4, 0.5) is 0 Å². The molecule has 43 heavy (non-hydrogen) atoms. The van der Waals surface area contributed by atoms with Crippen molar-refractivity contribution in [3.05, 3.63) is 106 Å². The predicted octanol–water partition coefficient (Wildman–Crippen LogP) is 6.07. The van der Waals surface area contributed by atoms with Crippen molar-refractivity contribution in [3.63, 3.8) is 0 Å². The minimum Gasteiger partial charge on any atom is -0.492 e. The van der Waals surface area contributed by atoms with E-state index in [1.165, 1.54) is 11.1 Å². The molecule has 1 fully saturated rings. The molecule has 234 valence electrons. The molecule has 7 nitrogen and oxygen atoms in total. The van der Waals surface area contributed by atoms with Gasteiger partial charge in [-0.1, -0.05) is 30.3 Å². The predicted molar refractivity (Wildman–Crippen MR) is 181 cm³/mol. The van der Waals surface area contributed by atoms with Gasteiger partial charge >= 0.3 is 0 Å². The van der Waals surface area contributed by atoms with Gasteiger partial charge in [0, 0.05) is 70.2 Å². The Bertz CT molecular complexity index is 1450. The Labute approximate surface area is 273 Å². The van der Waals surface area contributed by atoms with Crippen LogP contribution in [0.5, 0.6) is 5.75 Å². The van der Waals surface area contributed by atoms with Gasteiger partial charge in [-0.3, -0.25) is 14.7 Å². The summed E-state index contributed by atoms with van der Waals surface area (Å²) in [6.45, 7) is 9.31. The Morgan fingerprint density at radius 1 is 0.953 bits per heavy atom. The van der Waals surface area contributed by atoms with E-state index in [1.807, 2.05) is 36.5 Å². The van der Waals surface area contributed by atoms with Crippen molar-refractivity contribution in [2.45, 2.75) is 39.0 Å². The molecule has 0 spiro atoms. The molecule has 0 atom stereocenters. The van der Waals surface area contributed by atoms with Gasteiger partial charge in [-0.25, -0.2) is 0 Å². The first-order valence-electron chi connectivity index (χ1n) is 14.3. The number of likely N-dealkylation sites (tertiary alicyclic amines) is 1. The number of fused-ring (bicyclic) bond motifs is 1. The summed E-state index contributed by atoms with van der Waals surface area (Å²) in [6.07, 6.45) is 6.12. The Kier molecular flexibility index (Phi) is 15.5. The Morgan fingerprint density at radius 3 is 2.49 bits per heavy atom. The van der Waals surface area contributed by atoms with Gasteiger partial charge in [-0.2, -0.15) is 0 Å². The molecule has 2 aromatic carbocycles. The van der Waals surface area contributed by atoms with Crippen molar-refractivity contribution in [2.24, 2.45) is 7.05 Å². The summed E-state index contributed by atoms with van der Waals surface area (Å²) in [4.78, 5) is 21.2. The third-order valence-electron chi connectivity index (χ3n) is 7.90. The number of aromatic nitrogens is 2. The van der Waals surface area contributed by atoms with Crippen LogP contribution < -0.4 is 10.3 Å². The van der Waals surface area contributed by atoms with Gasteiger partial charge in [-0.05, 0) is 66.8 Å². The molecule has 0 unspecified atom stereocenters. The number of hydrogen-bond acceptors (Lipinski definition) is 6. The lowest BCUT2D eigenvalue weighted by Gasteiger charge is -2.33. The maximum absolute atomic E-state index is 11.9. The quantitative estimate of drug-likeness (QED) is 0.186. The second kappa shape index (κ2) is 18.2. The summed E-state index contributed by atoms with van der Waals surface area (Å²) >= 11 is 0. The van der Waals surface area contributed by atoms with Gasteiger partial charge in [0.15, 0.2) is 0 Å². The summed E-state index contributed by atoms with van der Waals surface area (Å²) in [5.74, 6) is 0.829. The van der Waals surface area contributed by atoms with Crippen LogP contribution in [0, 0.1) is 6.92 Å². The molecule has 1 aliphatic rings. The number of nitrogens with zero attached hydrogens (tertiary/aromatic N) is 4. The first kappa shape index (κ1) is 36.5. The zero-order valence-electron chi connectivity index (χ0n) is 24.9. The number of halogens is 3. The van der Waals surface area contributed by atoms with E-state index in [0.29, 0.717) is 19.3 Å². The van der Waals surface area contributed by atoms with E-state index in [2.05, 4.69) is 52.0 Å². The molecule has 5 rings (SSSR count). The summed E-state index contributed by atoms with van der Waals surface area (Å²) in [7, 11) is 1.80. The minimum atomic E-state index is -0.00509. The van der Waals surface area contributed by atoms with Gasteiger partial charge in [-0.15, -0.1) is 37.2 Å². The molecule has 1 saturated heterocycles. The average molecular weight is 650 g/mol. The fourth-order valence-electron chi connectivity index (χ4n) is 5.32. The molecule has 1 aliphatic heterocycles. The highest BCUT2D eigenvalue weighted by Gasteiger charge is 2.20. The molecule has 2 aromatic heterocycles. The third kappa shape index (κ3) is 10.5. The van der Waals surface area contributed by atoms with Crippen molar-refractivity contribution in [2.75, 3.05) is 39.3 Å². The van der Waals surface area contributed by atoms with E-state index >= 15 is 0 Å². The lowest BCUT2D eigenvalue weighted by Crippen LogP contribution is -2.42. The summed E-state index contributed by atoms with van der Waals surface area (Å²) in [6, 6.07) is 22.0. The molecular formula is C33H43Cl3N4O3. The molecule has 4 aromatic rings. The normalized spacial score (nSPS) is 13.7. The van der Waals surface area contributed by atoms with Crippen LogP contribution in [0.3, 0.4) is 0 Å². The highest BCUT2D eigenvalue weighted by atomic mass is 35.5. The van der Waals surface area contributed by atoms with Crippen molar-refractivity contribution in [3.8, 4) is 5.75 Å². The smallest absolute Gasteiger partial charge is 0.250 e. The summed E-state index contributed by atoms with van der Waals surface area (Å²) < 4.78 is 14.0. The standard InChI is InChI=1S/C33H40N4O3.3ClH/c1-26-6-3-4-8-29(26)24-37(20-21-39-31-10-11-32-28(22-31)9-12-33(38)35(32)2)19-18-36-16-13-30(14-17-36)40-25-27-7-5-15-34-23-27;;;/h3-12,15,22-23,30H,13-14,16-21,24-25H2,1-2H3;3*1H. The van der Waals surface area contributed by atoms with Gasteiger partial charge in [0.25, 0.3) is 5.56 Å². The van der Waals surface area contributed by atoms with Crippen LogP contribution in [-0.2, 0) is 24.9 Å². The fraction of sp³-hybridized carbons (Fsp3) is 0.394. The second-order valence-corrected chi connectivity index (χ2v) is 10.7. The molecular weight excluding hydrogens is 607 g/mol. The Morgan fingerprint density at radius 2 is 1.74 bits per heavy atom. The van der Waals surface area contributed by atoms with Crippen LogP contribution in [0.15, 0.2) is 83.9 Å². The molecule has 0 amide bonds. The molecule has 3 heterocycles. The summed E-state index contributed by atoms with van der Waals surface area (Å²) in [5, 5.41) is 1.00. The molecule has 0 bridgehead atoms. The van der Waals surface area contributed by atoms with E-state index in [4.69, 9.17) is 9.47 Å². The average Bonchev–Trinajstić information content (AvgIpc) is 2.99. The first-order valence-corrected chi connectivity index (χ1v) is 14.3. The maximum atomic E-state index is 11.9. The lowest BCUT2D eigenvalue weighted by molar-refractivity contribution is -0.00416. The Hall–Kier alpha value is -2.65. The molecule has 0 radical (unpaired) electrons.